The second kappa shape index (κ2) is 7.93. The van der Waals surface area contributed by atoms with Gasteiger partial charge in [0.15, 0.2) is 0 Å². The molecule has 1 N–H and O–H groups in total. The van der Waals surface area contributed by atoms with Gasteiger partial charge in [0, 0.05) is 12.6 Å². The number of hydrogen-bond acceptors (Lipinski definition) is 4. The standard InChI is InChI=1S/C17H19NO4/c1-20-15-9-8-13(16(12-15)21-2)10-11-18-17(19)22-14-6-4-3-5-7-14/h3-9,12H,10-11H2,1-2H3,(H,18,19). The van der Waals surface area contributed by atoms with Crippen molar-refractivity contribution in [1.29, 1.82) is 0 Å². The van der Waals surface area contributed by atoms with Crippen LogP contribution in [-0.2, 0) is 6.42 Å². The lowest BCUT2D eigenvalue weighted by Crippen LogP contribution is -2.28. The highest BCUT2D eigenvalue weighted by atomic mass is 16.6. The van der Waals surface area contributed by atoms with Crippen molar-refractivity contribution < 1.29 is 19.0 Å². The summed E-state index contributed by atoms with van der Waals surface area (Å²) in [4.78, 5) is 11.7. The van der Waals surface area contributed by atoms with Crippen LogP contribution in [0.4, 0.5) is 4.79 Å². The fraction of sp³-hybridized carbons (Fsp3) is 0.235. The molecule has 2 rings (SSSR count). The Labute approximate surface area is 129 Å². The first-order valence-electron chi connectivity index (χ1n) is 6.94. The van der Waals surface area contributed by atoms with Gasteiger partial charge in [0.1, 0.15) is 17.2 Å². The molecule has 0 aliphatic rings. The Morgan fingerprint density at radius 3 is 2.45 bits per heavy atom. The van der Waals surface area contributed by atoms with E-state index in [1.54, 1.807) is 26.4 Å². The van der Waals surface area contributed by atoms with Crippen molar-refractivity contribution in [2.45, 2.75) is 6.42 Å². The minimum Gasteiger partial charge on any atom is -0.497 e. The third kappa shape index (κ3) is 4.41. The molecule has 116 valence electrons. The summed E-state index contributed by atoms with van der Waals surface area (Å²) >= 11 is 0. The molecular weight excluding hydrogens is 282 g/mol. The van der Waals surface area contributed by atoms with E-state index in [1.165, 1.54) is 0 Å². The highest BCUT2D eigenvalue weighted by Gasteiger charge is 2.07. The molecule has 22 heavy (non-hydrogen) atoms. The first kappa shape index (κ1) is 15.7. The van der Waals surface area contributed by atoms with Gasteiger partial charge in [-0.05, 0) is 30.2 Å². The average Bonchev–Trinajstić information content (AvgIpc) is 2.56. The molecule has 2 aromatic rings. The van der Waals surface area contributed by atoms with E-state index in [1.807, 2.05) is 36.4 Å². The Kier molecular flexibility index (Phi) is 5.65. The molecule has 0 atom stereocenters. The van der Waals surface area contributed by atoms with Crippen LogP contribution < -0.4 is 19.5 Å². The molecule has 0 heterocycles. The van der Waals surface area contributed by atoms with Crippen molar-refractivity contribution in [1.82, 2.24) is 5.32 Å². The van der Waals surface area contributed by atoms with Crippen LogP contribution in [0, 0.1) is 0 Å². The lowest BCUT2D eigenvalue weighted by molar-refractivity contribution is 0.200. The molecule has 0 radical (unpaired) electrons. The second-order valence-corrected chi connectivity index (χ2v) is 4.56. The van der Waals surface area contributed by atoms with E-state index in [0.717, 1.165) is 17.1 Å². The van der Waals surface area contributed by atoms with Crippen LogP contribution in [0.5, 0.6) is 17.2 Å². The van der Waals surface area contributed by atoms with Gasteiger partial charge < -0.3 is 19.5 Å². The lowest BCUT2D eigenvalue weighted by Gasteiger charge is -2.11. The van der Waals surface area contributed by atoms with Gasteiger partial charge in [0.2, 0.25) is 0 Å². The first-order valence-corrected chi connectivity index (χ1v) is 6.94. The smallest absolute Gasteiger partial charge is 0.412 e. The van der Waals surface area contributed by atoms with Crippen molar-refractivity contribution >= 4 is 6.09 Å². The molecule has 0 aromatic heterocycles. The molecule has 0 aliphatic carbocycles. The minimum absolute atomic E-state index is 0.453. The number of carbonyl (C=O) groups excluding carboxylic acids is 1. The number of para-hydroxylation sites is 1. The van der Waals surface area contributed by atoms with Crippen molar-refractivity contribution in [3.8, 4) is 17.2 Å². The van der Waals surface area contributed by atoms with Gasteiger partial charge in [0.05, 0.1) is 14.2 Å². The second-order valence-electron chi connectivity index (χ2n) is 4.56. The number of methoxy groups -OCH3 is 2. The monoisotopic (exact) mass is 301 g/mol. The van der Waals surface area contributed by atoms with E-state index < -0.39 is 6.09 Å². The summed E-state index contributed by atoms with van der Waals surface area (Å²) in [5.74, 6) is 1.98. The molecule has 0 fully saturated rings. The molecule has 0 unspecified atom stereocenters. The maximum atomic E-state index is 11.7. The summed E-state index contributed by atoms with van der Waals surface area (Å²) in [7, 11) is 3.21. The van der Waals surface area contributed by atoms with Gasteiger partial charge in [-0.25, -0.2) is 4.79 Å². The molecule has 2 aromatic carbocycles. The van der Waals surface area contributed by atoms with E-state index in [9.17, 15) is 4.79 Å². The lowest BCUT2D eigenvalue weighted by atomic mass is 10.1. The third-order valence-corrected chi connectivity index (χ3v) is 3.11. The Morgan fingerprint density at radius 1 is 1.00 bits per heavy atom. The normalized spacial score (nSPS) is 9.91. The zero-order valence-corrected chi connectivity index (χ0v) is 12.7. The maximum absolute atomic E-state index is 11.7. The molecule has 1 amide bonds. The molecule has 0 saturated heterocycles. The van der Waals surface area contributed by atoms with Gasteiger partial charge in [-0.3, -0.25) is 0 Å². The Bertz CT molecular complexity index is 613. The molecule has 0 aliphatic heterocycles. The number of hydrogen-bond donors (Lipinski definition) is 1. The molecule has 0 saturated carbocycles. The molecule has 0 bridgehead atoms. The highest BCUT2D eigenvalue weighted by molar-refractivity contribution is 5.70. The minimum atomic E-state index is -0.473. The van der Waals surface area contributed by atoms with Crippen LogP contribution in [0.2, 0.25) is 0 Å². The zero-order valence-electron chi connectivity index (χ0n) is 12.7. The average molecular weight is 301 g/mol. The first-order chi connectivity index (χ1) is 10.7. The van der Waals surface area contributed by atoms with Crippen LogP contribution in [0.15, 0.2) is 48.5 Å². The van der Waals surface area contributed by atoms with E-state index in [-0.39, 0.29) is 0 Å². The quantitative estimate of drug-likeness (QED) is 0.891. The third-order valence-electron chi connectivity index (χ3n) is 3.11. The topological polar surface area (TPSA) is 56.8 Å². The Hall–Kier alpha value is -2.69. The van der Waals surface area contributed by atoms with Gasteiger partial charge in [-0.2, -0.15) is 0 Å². The maximum Gasteiger partial charge on any atom is 0.412 e. The summed E-state index contributed by atoms with van der Waals surface area (Å²) in [6.07, 6.45) is 0.163. The number of benzene rings is 2. The van der Waals surface area contributed by atoms with Crippen molar-refractivity contribution in [2.75, 3.05) is 20.8 Å². The summed E-state index contributed by atoms with van der Waals surface area (Å²) in [5, 5.41) is 2.71. The number of rotatable bonds is 6. The molecule has 5 heteroatoms. The van der Waals surface area contributed by atoms with Gasteiger partial charge >= 0.3 is 6.09 Å². The predicted molar refractivity (Wildman–Crippen MR) is 83.7 cm³/mol. The largest absolute Gasteiger partial charge is 0.497 e. The van der Waals surface area contributed by atoms with E-state index in [0.29, 0.717) is 18.7 Å². The molecular formula is C17H19NO4. The van der Waals surface area contributed by atoms with E-state index >= 15 is 0 Å². The van der Waals surface area contributed by atoms with Crippen molar-refractivity contribution in [2.24, 2.45) is 0 Å². The van der Waals surface area contributed by atoms with Crippen LogP contribution in [0.3, 0.4) is 0 Å². The fourth-order valence-electron chi connectivity index (χ4n) is 1.99. The van der Waals surface area contributed by atoms with E-state index in [4.69, 9.17) is 14.2 Å². The van der Waals surface area contributed by atoms with Crippen LogP contribution in [0.25, 0.3) is 0 Å². The van der Waals surface area contributed by atoms with Crippen LogP contribution >= 0.6 is 0 Å². The van der Waals surface area contributed by atoms with Gasteiger partial charge in [-0.1, -0.05) is 24.3 Å². The van der Waals surface area contributed by atoms with E-state index in [2.05, 4.69) is 5.32 Å². The number of ether oxygens (including phenoxy) is 3. The summed E-state index contributed by atoms with van der Waals surface area (Å²) in [6.45, 7) is 0.453. The number of nitrogens with one attached hydrogen (secondary N) is 1. The van der Waals surface area contributed by atoms with Gasteiger partial charge in [-0.15, -0.1) is 0 Å². The highest BCUT2D eigenvalue weighted by Crippen LogP contribution is 2.24. The van der Waals surface area contributed by atoms with Crippen molar-refractivity contribution in [3.63, 3.8) is 0 Å². The number of carbonyl (C=O) groups is 1. The number of amides is 1. The zero-order chi connectivity index (χ0) is 15.8. The Morgan fingerprint density at radius 2 is 1.77 bits per heavy atom. The SMILES string of the molecule is COc1ccc(CCNC(=O)Oc2ccccc2)c(OC)c1. The van der Waals surface area contributed by atoms with Crippen LogP contribution in [0.1, 0.15) is 5.56 Å². The fourth-order valence-corrected chi connectivity index (χ4v) is 1.99. The summed E-state index contributed by atoms with van der Waals surface area (Å²) < 4.78 is 15.6. The van der Waals surface area contributed by atoms with Gasteiger partial charge in [0.25, 0.3) is 0 Å². The van der Waals surface area contributed by atoms with Crippen LogP contribution in [-0.4, -0.2) is 26.9 Å². The Balaban J connectivity index is 1.84. The summed E-state index contributed by atoms with van der Waals surface area (Å²) in [6, 6.07) is 14.5. The summed E-state index contributed by atoms with van der Waals surface area (Å²) in [5.41, 5.74) is 0.989. The van der Waals surface area contributed by atoms with Crippen molar-refractivity contribution in [3.05, 3.63) is 54.1 Å². The predicted octanol–water partition coefficient (Wildman–Crippen LogP) is 3.03. The molecule has 0 spiro atoms. The molecule has 5 nitrogen and oxygen atoms in total.